The number of carbonyl (C=O) groups is 2. The van der Waals surface area contributed by atoms with Crippen molar-refractivity contribution in [3.8, 4) is 11.5 Å². The first-order valence-corrected chi connectivity index (χ1v) is 13.3. The number of para-hydroxylation sites is 1. The van der Waals surface area contributed by atoms with E-state index in [9.17, 15) is 9.59 Å². The molecule has 1 fully saturated rings. The summed E-state index contributed by atoms with van der Waals surface area (Å²) in [6.07, 6.45) is 1.79. The van der Waals surface area contributed by atoms with Crippen molar-refractivity contribution < 1.29 is 19.1 Å². The first-order chi connectivity index (χ1) is 18.8. The van der Waals surface area contributed by atoms with E-state index < -0.39 is 0 Å². The highest BCUT2D eigenvalue weighted by molar-refractivity contribution is 8.26. The van der Waals surface area contributed by atoms with Crippen molar-refractivity contribution in [2.75, 3.05) is 25.7 Å². The van der Waals surface area contributed by atoms with Crippen LogP contribution in [-0.2, 0) is 9.59 Å². The minimum Gasteiger partial charge on any atom is -0.497 e. The fourth-order valence-electron chi connectivity index (χ4n) is 3.61. The Labute approximate surface area is 237 Å². The van der Waals surface area contributed by atoms with Crippen molar-refractivity contribution >= 4 is 57.6 Å². The second-order valence-corrected chi connectivity index (χ2v) is 10.3. The van der Waals surface area contributed by atoms with Gasteiger partial charge in [0.25, 0.3) is 11.8 Å². The summed E-state index contributed by atoms with van der Waals surface area (Å²) in [5, 5.41) is 7.40. The second kappa shape index (κ2) is 13.1. The molecule has 0 radical (unpaired) electrons. The van der Waals surface area contributed by atoms with E-state index >= 15 is 0 Å². The number of nitrogens with zero attached hydrogens (tertiary/aromatic N) is 2. The number of rotatable bonds is 10. The molecular formula is C29H28N4O4S2. The van der Waals surface area contributed by atoms with Crippen molar-refractivity contribution in [2.24, 2.45) is 5.10 Å². The summed E-state index contributed by atoms with van der Waals surface area (Å²) in [6, 6.07) is 22.4. The SMILES string of the molecule is COc1ccc(/C(C)=N/NC(=O)COc2ccc(/C=C3/SC(=S)N(CNc4ccccc4C)C3=O)cc2)cc1. The molecule has 39 heavy (non-hydrogen) atoms. The highest BCUT2D eigenvalue weighted by Crippen LogP contribution is 2.32. The monoisotopic (exact) mass is 560 g/mol. The molecule has 10 heteroatoms. The van der Waals surface area contributed by atoms with Crippen LogP contribution in [0.25, 0.3) is 6.08 Å². The van der Waals surface area contributed by atoms with E-state index in [0.29, 0.717) is 27.4 Å². The van der Waals surface area contributed by atoms with Crippen LogP contribution in [0, 0.1) is 6.92 Å². The Morgan fingerprint density at radius 3 is 2.44 bits per heavy atom. The van der Waals surface area contributed by atoms with Gasteiger partial charge in [0.15, 0.2) is 6.61 Å². The zero-order chi connectivity index (χ0) is 27.8. The van der Waals surface area contributed by atoms with Crippen molar-refractivity contribution in [1.29, 1.82) is 0 Å². The predicted octanol–water partition coefficient (Wildman–Crippen LogP) is 5.19. The van der Waals surface area contributed by atoms with Crippen LogP contribution in [0.2, 0.25) is 0 Å². The summed E-state index contributed by atoms with van der Waals surface area (Å²) in [5.74, 6) is 0.744. The van der Waals surface area contributed by atoms with Crippen LogP contribution in [0.15, 0.2) is 82.8 Å². The van der Waals surface area contributed by atoms with Crippen molar-refractivity contribution in [1.82, 2.24) is 10.3 Å². The third-order valence-corrected chi connectivity index (χ3v) is 7.23. The fourth-order valence-corrected chi connectivity index (χ4v) is 4.86. The molecule has 0 aliphatic carbocycles. The van der Waals surface area contributed by atoms with Gasteiger partial charge in [-0.1, -0.05) is 54.3 Å². The average Bonchev–Trinajstić information content (AvgIpc) is 3.22. The third-order valence-electron chi connectivity index (χ3n) is 5.85. The van der Waals surface area contributed by atoms with Gasteiger partial charge >= 0.3 is 0 Å². The van der Waals surface area contributed by atoms with Gasteiger partial charge in [0.2, 0.25) is 0 Å². The summed E-state index contributed by atoms with van der Waals surface area (Å²) in [7, 11) is 1.60. The number of anilines is 1. The number of methoxy groups -OCH3 is 1. The molecule has 2 amide bonds. The number of hydrogen-bond acceptors (Lipinski definition) is 8. The van der Waals surface area contributed by atoms with Crippen molar-refractivity contribution in [2.45, 2.75) is 13.8 Å². The zero-order valence-electron chi connectivity index (χ0n) is 21.8. The van der Waals surface area contributed by atoms with Crippen LogP contribution < -0.4 is 20.2 Å². The average molecular weight is 561 g/mol. The quantitative estimate of drug-likeness (QED) is 0.153. The standard InChI is InChI=1S/C29H28N4O4S2/c1-19-6-4-5-7-25(19)30-18-33-28(35)26(39-29(33)38)16-21-8-12-24(13-9-21)37-17-27(34)32-31-20(2)22-10-14-23(36-3)15-11-22/h4-16,30H,17-18H2,1-3H3,(H,32,34)/b26-16+,31-20+. The number of aryl methyl sites for hydroxylation is 1. The Kier molecular flexibility index (Phi) is 9.35. The van der Waals surface area contributed by atoms with E-state index in [2.05, 4.69) is 15.8 Å². The molecule has 1 aliphatic rings. The zero-order valence-corrected chi connectivity index (χ0v) is 23.4. The Hall–Kier alpha value is -4.15. The number of hydrogen-bond donors (Lipinski definition) is 2. The predicted molar refractivity (Wildman–Crippen MR) is 160 cm³/mol. The first-order valence-electron chi connectivity index (χ1n) is 12.1. The molecule has 3 aromatic carbocycles. The molecule has 0 unspecified atom stereocenters. The third kappa shape index (κ3) is 7.46. The topological polar surface area (TPSA) is 92.3 Å². The van der Waals surface area contributed by atoms with E-state index in [1.165, 1.54) is 11.8 Å². The van der Waals surface area contributed by atoms with Gasteiger partial charge in [-0.2, -0.15) is 5.10 Å². The Morgan fingerprint density at radius 1 is 1.05 bits per heavy atom. The van der Waals surface area contributed by atoms with Crippen LogP contribution in [-0.4, -0.2) is 47.1 Å². The molecule has 8 nitrogen and oxygen atoms in total. The summed E-state index contributed by atoms with van der Waals surface area (Å²) in [6.45, 7) is 3.91. The van der Waals surface area contributed by atoms with Crippen LogP contribution in [0.3, 0.4) is 0 Å². The van der Waals surface area contributed by atoms with Crippen LogP contribution in [0.5, 0.6) is 11.5 Å². The lowest BCUT2D eigenvalue weighted by Gasteiger charge is -2.17. The molecule has 1 aliphatic heterocycles. The Bertz CT molecular complexity index is 1420. The minimum absolute atomic E-state index is 0.145. The van der Waals surface area contributed by atoms with Crippen LogP contribution in [0.4, 0.5) is 5.69 Å². The van der Waals surface area contributed by atoms with Gasteiger partial charge in [-0.05, 0) is 79.1 Å². The number of benzene rings is 3. The molecule has 0 bridgehead atoms. The van der Waals surface area contributed by atoms with Gasteiger partial charge in [-0.3, -0.25) is 14.5 Å². The molecule has 3 aromatic rings. The maximum Gasteiger partial charge on any atom is 0.277 e. The van der Waals surface area contributed by atoms with Gasteiger partial charge in [0, 0.05) is 5.69 Å². The van der Waals surface area contributed by atoms with E-state index in [1.807, 2.05) is 67.6 Å². The number of ether oxygens (including phenoxy) is 2. The smallest absolute Gasteiger partial charge is 0.277 e. The molecule has 200 valence electrons. The molecule has 1 heterocycles. The van der Waals surface area contributed by atoms with Crippen LogP contribution in [0.1, 0.15) is 23.6 Å². The first kappa shape index (κ1) is 27.9. The van der Waals surface area contributed by atoms with Gasteiger partial charge in [0.1, 0.15) is 15.8 Å². The van der Waals surface area contributed by atoms with Crippen molar-refractivity contribution in [3.63, 3.8) is 0 Å². The summed E-state index contributed by atoms with van der Waals surface area (Å²) >= 11 is 6.70. The highest BCUT2D eigenvalue weighted by atomic mass is 32.2. The van der Waals surface area contributed by atoms with E-state index in [0.717, 1.165) is 28.1 Å². The fraction of sp³-hybridized carbons (Fsp3) is 0.172. The largest absolute Gasteiger partial charge is 0.497 e. The second-order valence-electron chi connectivity index (χ2n) is 8.58. The maximum absolute atomic E-state index is 12.9. The lowest BCUT2D eigenvalue weighted by atomic mass is 10.1. The number of thioether (sulfide) groups is 1. The van der Waals surface area contributed by atoms with E-state index in [-0.39, 0.29) is 18.4 Å². The van der Waals surface area contributed by atoms with Crippen LogP contribution >= 0.6 is 24.0 Å². The molecule has 1 saturated heterocycles. The number of hydrazone groups is 1. The lowest BCUT2D eigenvalue weighted by molar-refractivity contribution is -0.123. The summed E-state index contributed by atoms with van der Waals surface area (Å²) < 4.78 is 11.2. The molecule has 2 N–H and O–H groups in total. The van der Waals surface area contributed by atoms with Crippen molar-refractivity contribution in [3.05, 3.63) is 94.4 Å². The molecule has 0 spiro atoms. The minimum atomic E-state index is -0.380. The molecule has 0 saturated carbocycles. The van der Waals surface area contributed by atoms with Gasteiger partial charge in [-0.15, -0.1) is 0 Å². The normalized spacial score (nSPS) is 14.5. The number of thiocarbonyl (C=S) groups is 1. The lowest BCUT2D eigenvalue weighted by Crippen LogP contribution is -2.33. The molecular weight excluding hydrogens is 532 g/mol. The van der Waals surface area contributed by atoms with Gasteiger partial charge in [-0.25, -0.2) is 5.43 Å². The van der Waals surface area contributed by atoms with E-state index in [4.69, 9.17) is 21.7 Å². The summed E-state index contributed by atoms with van der Waals surface area (Å²) in [4.78, 5) is 27.2. The van der Waals surface area contributed by atoms with E-state index in [1.54, 1.807) is 37.1 Å². The number of nitrogens with one attached hydrogen (secondary N) is 2. The number of amides is 2. The summed E-state index contributed by atoms with van der Waals surface area (Å²) in [5.41, 5.74) is 6.89. The number of carbonyl (C=O) groups excluding carboxylic acids is 2. The maximum atomic E-state index is 12.9. The van der Waals surface area contributed by atoms with Gasteiger partial charge < -0.3 is 14.8 Å². The Balaban J connectivity index is 1.28. The van der Waals surface area contributed by atoms with Gasteiger partial charge in [0.05, 0.1) is 24.4 Å². The highest BCUT2D eigenvalue weighted by Gasteiger charge is 2.31. The Morgan fingerprint density at radius 2 is 1.74 bits per heavy atom. The molecule has 4 rings (SSSR count). The molecule has 0 aromatic heterocycles. The molecule has 0 atom stereocenters.